The van der Waals surface area contributed by atoms with Gasteiger partial charge >= 0.3 is 12.3 Å². The van der Waals surface area contributed by atoms with Crippen LogP contribution in [0, 0.1) is 13.8 Å². The second-order valence-electron chi connectivity index (χ2n) is 6.65. The number of benzene rings is 1. The molecule has 1 atom stereocenters. The molecule has 1 aromatic heterocycles. The molecule has 1 unspecified atom stereocenters. The van der Waals surface area contributed by atoms with Gasteiger partial charge in [0.2, 0.25) is 0 Å². The number of nitrogens with zero attached hydrogens (tertiary/aromatic N) is 3. The molecule has 0 bridgehead atoms. The van der Waals surface area contributed by atoms with E-state index in [9.17, 15) is 22.8 Å². The Kier molecular flexibility index (Phi) is 5.44. The van der Waals surface area contributed by atoms with Gasteiger partial charge in [0.1, 0.15) is 12.4 Å². The van der Waals surface area contributed by atoms with Crippen LogP contribution in [-0.4, -0.2) is 36.7 Å². The molecule has 1 aromatic carbocycles. The highest BCUT2D eigenvalue weighted by Gasteiger charge is 2.43. The van der Waals surface area contributed by atoms with E-state index in [0.29, 0.717) is 10.7 Å². The third-order valence-electron chi connectivity index (χ3n) is 4.53. The molecule has 10 heteroatoms. The first-order valence-electron chi connectivity index (χ1n) is 8.54. The summed E-state index contributed by atoms with van der Waals surface area (Å²) in [4.78, 5) is 31.4. The van der Waals surface area contributed by atoms with E-state index in [1.165, 1.54) is 18.9 Å². The lowest BCUT2D eigenvalue weighted by Gasteiger charge is -2.26. The quantitative estimate of drug-likeness (QED) is 0.730. The maximum absolute atomic E-state index is 13.2. The molecule has 154 valence electrons. The van der Waals surface area contributed by atoms with Crippen LogP contribution in [0.2, 0.25) is 5.02 Å². The molecule has 2 heterocycles. The molecule has 29 heavy (non-hydrogen) atoms. The van der Waals surface area contributed by atoms with Gasteiger partial charge in [0.15, 0.2) is 6.04 Å². The fraction of sp³-hybridized carbons (Fsp3) is 0.316. The standard InChI is InChI=1S/C19H17ClF3N3O3/c1-10-6-13(4-5-14(10)20)25(3)17(27)15-9-29-18(28)26(15)16-8-12(19(21,22)23)7-11(2)24-16/h4-8,15H,9H2,1-3H3. The van der Waals surface area contributed by atoms with Crippen LogP contribution in [0.15, 0.2) is 30.3 Å². The van der Waals surface area contributed by atoms with Crippen molar-refractivity contribution in [1.29, 1.82) is 0 Å². The number of hydrogen-bond acceptors (Lipinski definition) is 4. The van der Waals surface area contributed by atoms with Crippen molar-refractivity contribution in [2.45, 2.75) is 26.1 Å². The van der Waals surface area contributed by atoms with E-state index in [4.69, 9.17) is 16.3 Å². The van der Waals surface area contributed by atoms with Crippen LogP contribution >= 0.6 is 11.6 Å². The number of cyclic esters (lactones) is 1. The minimum Gasteiger partial charge on any atom is -0.446 e. The SMILES string of the molecule is Cc1cc(C(F)(F)F)cc(N2C(=O)OCC2C(=O)N(C)c2ccc(Cl)c(C)c2)n1. The Hall–Kier alpha value is -2.81. The number of hydrogen-bond donors (Lipinski definition) is 0. The topological polar surface area (TPSA) is 62.7 Å². The Bertz CT molecular complexity index is 981. The first-order chi connectivity index (χ1) is 13.5. The number of aryl methyl sites for hydroxylation is 2. The monoisotopic (exact) mass is 427 g/mol. The lowest BCUT2D eigenvalue weighted by Crippen LogP contribution is -2.47. The first kappa shape index (κ1) is 20.9. The zero-order valence-electron chi connectivity index (χ0n) is 15.7. The number of rotatable bonds is 3. The number of ether oxygens (including phenoxy) is 1. The predicted octanol–water partition coefficient (Wildman–Crippen LogP) is 4.36. The summed E-state index contributed by atoms with van der Waals surface area (Å²) in [6.07, 6.45) is -5.56. The fourth-order valence-corrected chi connectivity index (χ4v) is 3.10. The minimum atomic E-state index is -4.62. The van der Waals surface area contributed by atoms with E-state index in [-0.39, 0.29) is 18.1 Å². The van der Waals surface area contributed by atoms with Gasteiger partial charge in [0, 0.05) is 23.5 Å². The van der Waals surface area contributed by atoms with Crippen molar-refractivity contribution < 1.29 is 27.5 Å². The van der Waals surface area contributed by atoms with Crippen LogP contribution in [0.5, 0.6) is 0 Å². The Balaban J connectivity index is 1.95. The molecule has 0 saturated carbocycles. The smallest absolute Gasteiger partial charge is 0.416 e. The van der Waals surface area contributed by atoms with Gasteiger partial charge in [-0.25, -0.2) is 14.7 Å². The van der Waals surface area contributed by atoms with Crippen LogP contribution in [0.3, 0.4) is 0 Å². The van der Waals surface area contributed by atoms with Crippen molar-refractivity contribution in [2.75, 3.05) is 23.5 Å². The number of pyridine rings is 1. The van der Waals surface area contributed by atoms with Gasteiger partial charge in [-0.05, 0) is 49.7 Å². The Morgan fingerprint density at radius 2 is 1.97 bits per heavy atom. The molecule has 6 nitrogen and oxygen atoms in total. The van der Waals surface area contributed by atoms with Crippen molar-refractivity contribution in [3.8, 4) is 0 Å². The highest BCUT2D eigenvalue weighted by atomic mass is 35.5. The Morgan fingerprint density at radius 1 is 1.28 bits per heavy atom. The summed E-state index contributed by atoms with van der Waals surface area (Å²) in [5.74, 6) is -0.826. The average molecular weight is 428 g/mol. The maximum atomic E-state index is 13.2. The molecular formula is C19H17ClF3N3O3. The Morgan fingerprint density at radius 3 is 2.59 bits per heavy atom. The van der Waals surface area contributed by atoms with E-state index in [2.05, 4.69) is 4.98 Å². The highest BCUT2D eigenvalue weighted by Crippen LogP contribution is 2.33. The number of amides is 2. The third kappa shape index (κ3) is 4.14. The zero-order chi connectivity index (χ0) is 21.5. The molecule has 3 rings (SSSR count). The summed E-state index contributed by atoms with van der Waals surface area (Å²) in [6.45, 7) is 2.85. The number of alkyl halides is 3. The van der Waals surface area contributed by atoms with Crippen LogP contribution in [0.25, 0.3) is 0 Å². The normalized spacial score (nSPS) is 16.7. The summed E-state index contributed by atoms with van der Waals surface area (Å²) in [6, 6.07) is 5.38. The zero-order valence-corrected chi connectivity index (χ0v) is 16.5. The van der Waals surface area contributed by atoms with Crippen LogP contribution < -0.4 is 9.80 Å². The van der Waals surface area contributed by atoms with Crippen molar-refractivity contribution in [3.05, 3.63) is 52.2 Å². The summed E-state index contributed by atoms with van der Waals surface area (Å²) < 4.78 is 44.4. The van der Waals surface area contributed by atoms with E-state index >= 15 is 0 Å². The fourth-order valence-electron chi connectivity index (χ4n) is 2.98. The molecule has 0 N–H and O–H groups in total. The van der Waals surface area contributed by atoms with Crippen LogP contribution in [0.1, 0.15) is 16.8 Å². The van der Waals surface area contributed by atoms with Crippen molar-refractivity contribution in [2.24, 2.45) is 0 Å². The second-order valence-corrected chi connectivity index (χ2v) is 7.05. The lowest BCUT2D eigenvalue weighted by molar-refractivity contribution is -0.137. The van der Waals surface area contributed by atoms with Gasteiger partial charge in [-0.15, -0.1) is 0 Å². The van der Waals surface area contributed by atoms with E-state index < -0.39 is 29.8 Å². The Labute approximate surface area is 169 Å². The lowest BCUT2D eigenvalue weighted by atomic mass is 10.1. The van der Waals surface area contributed by atoms with Crippen molar-refractivity contribution in [3.63, 3.8) is 0 Å². The predicted molar refractivity (Wildman–Crippen MR) is 101 cm³/mol. The number of likely N-dealkylation sites (N-methyl/N-ethyl adjacent to an activating group) is 1. The molecule has 2 aromatic rings. The first-order valence-corrected chi connectivity index (χ1v) is 8.92. The summed E-state index contributed by atoms with van der Waals surface area (Å²) in [5.41, 5.74) is 0.356. The van der Waals surface area contributed by atoms with Crippen molar-refractivity contribution >= 4 is 35.1 Å². The van der Waals surface area contributed by atoms with Gasteiger partial charge in [-0.2, -0.15) is 13.2 Å². The minimum absolute atomic E-state index is 0.0578. The van der Waals surface area contributed by atoms with Gasteiger partial charge in [-0.1, -0.05) is 11.6 Å². The third-order valence-corrected chi connectivity index (χ3v) is 4.96. The number of anilines is 2. The number of aromatic nitrogens is 1. The number of carbonyl (C=O) groups is 2. The highest BCUT2D eigenvalue weighted by molar-refractivity contribution is 6.31. The summed E-state index contributed by atoms with van der Waals surface area (Å²) >= 11 is 6.00. The summed E-state index contributed by atoms with van der Waals surface area (Å²) in [5, 5.41) is 0.527. The van der Waals surface area contributed by atoms with E-state index in [1.807, 2.05) is 0 Å². The molecule has 0 aliphatic carbocycles. The molecule has 1 fully saturated rings. The van der Waals surface area contributed by atoms with Gasteiger partial charge < -0.3 is 9.64 Å². The van der Waals surface area contributed by atoms with E-state index in [0.717, 1.165) is 22.6 Å². The molecule has 1 saturated heterocycles. The summed E-state index contributed by atoms with van der Waals surface area (Å²) in [7, 11) is 1.50. The molecule has 2 amide bonds. The molecule has 0 radical (unpaired) electrons. The van der Waals surface area contributed by atoms with E-state index in [1.54, 1.807) is 25.1 Å². The number of carbonyl (C=O) groups excluding carboxylic acids is 2. The van der Waals surface area contributed by atoms with Gasteiger partial charge in [-0.3, -0.25) is 4.79 Å². The second kappa shape index (κ2) is 7.55. The molecule has 0 spiro atoms. The maximum Gasteiger partial charge on any atom is 0.416 e. The van der Waals surface area contributed by atoms with Crippen LogP contribution in [0.4, 0.5) is 29.5 Å². The van der Waals surface area contributed by atoms with Gasteiger partial charge in [0.25, 0.3) is 5.91 Å². The van der Waals surface area contributed by atoms with Crippen LogP contribution in [-0.2, 0) is 15.7 Å². The molecule has 1 aliphatic heterocycles. The molecule has 1 aliphatic rings. The molecular weight excluding hydrogens is 411 g/mol. The average Bonchev–Trinajstić information content (AvgIpc) is 3.03. The van der Waals surface area contributed by atoms with Crippen molar-refractivity contribution in [1.82, 2.24) is 4.98 Å². The number of halogens is 4. The largest absolute Gasteiger partial charge is 0.446 e. The van der Waals surface area contributed by atoms with Gasteiger partial charge in [0.05, 0.1) is 5.56 Å².